The van der Waals surface area contributed by atoms with Crippen molar-refractivity contribution in [3.8, 4) is 5.75 Å². The van der Waals surface area contributed by atoms with E-state index in [1.165, 1.54) is 0 Å². The van der Waals surface area contributed by atoms with Crippen molar-refractivity contribution in [1.29, 1.82) is 0 Å². The summed E-state index contributed by atoms with van der Waals surface area (Å²) in [4.78, 5) is 13.0. The van der Waals surface area contributed by atoms with Crippen molar-refractivity contribution >= 4 is 21.8 Å². The summed E-state index contributed by atoms with van der Waals surface area (Å²) in [5, 5.41) is 8.79. The number of aliphatic hydroxyl groups is 1. The molecule has 1 saturated heterocycles. The van der Waals surface area contributed by atoms with Crippen molar-refractivity contribution in [1.82, 2.24) is 4.90 Å². The Hall–Kier alpha value is -1.07. The van der Waals surface area contributed by atoms with Crippen molar-refractivity contribution in [3.63, 3.8) is 0 Å². The van der Waals surface area contributed by atoms with Crippen LogP contribution in [0.4, 0.5) is 0 Å². The first kappa shape index (κ1) is 13.4. The van der Waals surface area contributed by atoms with Crippen molar-refractivity contribution in [2.75, 3.05) is 19.7 Å². The predicted molar refractivity (Wildman–Crippen MR) is 71.5 cm³/mol. The summed E-state index contributed by atoms with van der Waals surface area (Å²) in [6.07, 6.45) is 1.76. The topological polar surface area (TPSA) is 49.8 Å². The van der Waals surface area contributed by atoms with Crippen LogP contribution in [-0.4, -0.2) is 41.7 Å². The van der Waals surface area contributed by atoms with Gasteiger partial charge >= 0.3 is 0 Å². The van der Waals surface area contributed by atoms with Crippen LogP contribution in [0.5, 0.6) is 5.75 Å². The monoisotopic (exact) mass is 313 g/mol. The fraction of sp³-hybridized carbons (Fsp3) is 0.462. The average molecular weight is 314 g/mol. The maximum Gasteiger partial charge on any atom is 0.248 e. The minimum atomic E-state index is -0.405. The van der Waals surface area contributed by atoms with E-state index in [2.05, 4.69) is 15.9 Å². The number of hydrogen-bond acceptors (Lipinski definition) is 3. The standard InChI is InChI=1S/C13H16BrNO3/c14-10-1-3-11(4-2-10)18-12-5-7-15(8-6-12)13(17)9-16/h1-4,12,16H,5-9H2. The second-order valence-corrected chi connectivity index (χ2v) is 5.23. The van der Waals surface area contributed by atoms with Crippen LogP contribution >= 0.6 is 15.9 Å². The Balaban J connectivity index is 1.83. The van der Waals surface area contributed by atoms with Crippen LogP contribution < -0.4 is 4.74 Å². The maximum atomic E-state index is 11.3. The van der Waals surface area contributed by atoms with Gasteiger partial charge in [-0.25, -0.2) is 0 Å². The number of carbonyl (C=O) groups is 1. The summed E-state index contributed by atoms with van der Waals surface area (Å²) in [6.45, 7) is 0.902. The highest BCUT2D eigenvalue weighted by Gasteiger charge is 2.23. The Bertz CT molecular complexity index is 399. The number of likely N-dealkylation sites (tertiary alicyclic amines) is 1. The maximum absolute atomic E-state index is 11.3. The zero-order valence-electron chi connectivity index (χ0n) is 10.0. The van der Waals surface area contributed by atoms with Crippen LogP contribution in [0.15, 0.2) is 28.7 Å². The van der Waals surface area contributed by atoms with Gasteiger partial charge in [0.2, 0.25) is 5.91 Å². The lowest BCUT2D eigenvalue weighted by atomic mass is 10.1. The SMILES string of the molecule is O=C(CO)N1CCC(Oc2ccc(Br)cc2)CC1. The van der Waals surface area contributed by atoms with Crippen molar-refractivity contribution in [2.24, 2.45) is 0 Å². The van der Waals surface area contributed by atoms with Crippen LogP contribution in [0.25, 0.3) is 0 Å². The molecule has 1 aromatic carbocycles. The second-order valence-electron chi connectivity index (χ2n) is 4.31. The Morgan fingerprint density at radius 2 is 1.94 bits per heavy atom. The molecule has 0 unspecified atom stereocenters. The van der Waals surface area contributed by atoms with Gasteiger partial charge in [0.15, 0.2) is 0 Å². The first-order chi connectivity index (χ1) is 8.69. The van der Waals surface area contributed by atoms with Gasteiger partial charge in [-0.3, -0.25) is 4.79 Å². The molecule has 1 aromatic rings. The molecule has 4 nitrogen and oxygen atoms in total. The lowest BCUT2D eigenvalue weighted by molar-refractivity contribution is -0.135. The van der Waals surface area contributed by atoms with Gasteiger partial charge in [0.25, 0.3) is 0 Å². The number of rotatable bonds is 3. The summed E-state index contributed by atoms with van der Waals surface area (Å²) >= 11 is 3.38. The van der Waals surface area contributed by atoms with Gasteiger partial charge in [0, 0.05) is 30.4 Å². The van der Waals surface area contributed by atoms with Gasteiger partial charge < -0.3 is 14.7 Å². The number of piperidine rings is 1. The molecule has 1 amide bonds. The average Bonchev–Trinajstić information content (AvgIpc) is 2.41. The molecule has 1 fully saturated rings. The van der Waals surface area contributed by atoms with Crippen molar-refractivity contribution in [3.05, 3.63) is 28.7 Å². The molecule has 0 aliphatic carbocycles. The molecule has 0 saturated carbocycles. The Labute approximate surface area is 115 Å². The van der Waals surface area contributed by atoms with Crippen LogP contribution in [0.2, 0.25) is 0 Å². The summed E-state index contributed by atoms with van der Waals surface area (Å²) in [5.41, 5.74) is 0. The third-order valence-corrected chi connectivity index (χ3v) is 3.58. The molecule has 1 aliphatic rings. The molecule has 0 aromatic heterocycles. The number of amides is 1. The van der Waals surface area contributed by atoms with Crippen molar-refractivity contribution < 1.29 is 14.6 Å². The summed E-state index contributed by atoms with van der Waals surface area (Å²) in [5.74, 6) is 0.655. The van der Waals surface area contributed by atoms with Crippen LogP contribution in [-0.2, 0) is 4.79 Å². The smallest absolute Gasteiger partial charge is 0.248 e. The largest absolute Gasteiger partial charge is 0.490 e. The van der Waals surface area contributed by atoms with Gasteiger partial charge in [-0.05, 0) is 24.3 Å². The third-order valence-electron chi connectivity index (χ3n) is 3.05. The van der Waals surface area contributed by atoms with E-state index in [1.54, 1.807) is 4.90 Å². The number of nitrogens with zero attached hydrogens (tertiary/aromatic N) is 1. The molecule has 2 rings (SSSR count). The molecular weight excluding hydrogens is 298 g/mol. The minimum Gasteiger partial charge on any atom is -0.490 e. The van der Waals surface area contributed by atoms with Gasteiger partial charge in [-0.2, -0.15) is 0 Å². The molecule has 98 valence electrons. The highest BCUT2D eigenvalue weighted by Crippen LogP contribution is 2.21. The number of carbonyl (C=O) groups excluding carboxylic acids is 1. The molecule has 0 atom stereocenters. The molecule has 1 N–H and O–H groups in total. The second kappa shape index (κ2) is 6.20. The molecule has 0 radical (unpaired) electrons. The zero-order valence-corrected chi connectivity index (χ0v) is 11.6. The lowest BCUT2D eigenvalue weighted by Gasteiger charge is -2.31. The Morgan fingerprint density at radius 3 is 2.50 bits per heavy atom. The molecule has 18 heavy (non-hydrogen) atoms. The van der Waals surface area contributed by atoms with Gasteiger partial charge in [-0.1, -0.05) is 15.9 Å². The lowest BCUT2D eigenvalue weighted by Crippen LogP contribution is -2.42. The van der Waals surface area contributed by atoms with Crippen LogP contribution in [0.1, 0.15) is 12.8 Å². The first-order valence-corrected chi connectivity index (χ1v) is 6.79. The van der Waals surface area contributed by atoms with E-state index in [0.717, 1.165) is 23.1 Å². The van der Waals surface area contributed by atoms with Gasteiger partial charge in [0.05, 0.1) is 0 Å². The normalized spacial score (nSPS) is 16.7. The number of hydrogen-bond donors (Lipinski definition) is 1. The predicted octanol–water partition coefficient (Wildman–Crippen LogP) is 1.81. The minimum absolute atomic E-state index is 0.147. The fourth-order valence-corrected chi connectivity index (χ4v) is 2.29. The molecule has 5 heteroatoms. The van der Waals surface area contributed by atoms with E-state index >= 15 is 0 Å². The quantitative estimate of drug-likeness (QED) is 0.926. The van der Waals surface area contributed by atoms with E-state index in [-0.39, 0.29) is 12.0 Å². The van der Waals surface area contributed by atoms with Crippen LogP contribution in [0, 0.1) is 0 Å². The summed E-state index contributed by atoms with van der Waals surface area (Å²) in [7, 11) is 0. The number of ether oxygens (including phenoxy) is 1. The Kier molecular flexibility index (Phi) is 4.60. The van der Waals surface area contributed by atoms with E-state index < -0.39 is 6.61 Å². The van der Waals surface area contributed by atoms with Gasteiger partial charge in [0.1, 0.15) is 18.5 Å². The highest BCUT2D eigenvalue weighted by atomic mass is 79.9. The highest BCUT2D eigenvalue weighted by molar-refractivity contribution is 9.10. The van der Waals surface area contributed by atoms with Crippen molar-refractivity contribution in [2.45, 2.75) is 18.9 Å². The summed E-state index contributed by atoms with van der Waals surface area (Å²) in [6, 6.07) is 7.74. The molecule has 1 aliphatic heterocycles. The zero-order chi connectivity index (χ0) is 13.0. The first-order valence-electron chi connectivity index (χ1n) is 6.00. The molecule has 0 spiro atoms. The number of benzene rings is 1. The number of aliphatic hydroxyl groups excluding tert-OH is 1. The number of halogens is 1. The van der Waals surface area contributed by atoms with E-state index in [4.69, 9.17) is 9.84 Å². The third kappa shape index (κ3) is 3.46. The van der Waals surface area contributed by atoms with E-state index in [9.17, 15) is 4.79 Å². The van der Waals surface area contributed by atoms with Gasteiger partial charge in [-0.15, -0.1) is 0 Å². The Morgan fingerprint density at radius 1 is 1.33 bits per heavy atom. The van der Waals surface area contributed by atoms with E-state index in [1.807, 2.05) is 24.3 Å². The molecule has 0 bridgehead atoms. The van der Waals surface area contributed by atoms with E-state index in [0.29, 0.717) is 13.1 Å². The molecule has 1 heterocycles. The fourth-order valence-electron chi connectivity index (χ4n) is 2.03. The summed E-state index contributed by atoms with van der Waals surface area (Å²) < 4.78 is 6.88. The van der Waals surface area contributed by atoms with Crippen LogP contribution in [0.3, 0.4) is 0 Å². The molecular formula is C13H16BrNO3.